The molecule has 8 nitrogen and oxygen atoms in total. The average Bonchev–Trinajstić information content (AvgIpc) is 3.57. The number of nitrogens with one attached hydrogen (secondary N) is 1. The number of benzene rings is 2. The SMILES string of the molecule is O=C(CSc1nnc(Cn2c(=O)sc3ccccc32)n1CCc1ccccc1O)NC1CCCC1. The zero-order valence-electron chi connectivity index (χ0n) is 19.2. The summed E-state index contributed by atoms with van der Waals surface area (Å²) in [5.41, 5.74) is 1.68. The molecule has 5 rings (SSSR count). The number of carbonyl (C=O) groups excluding carboxylic acids is 1. The fraction of sp³-hybridized carbons (Fsp3) is 0.360. The fourth-order valence-corrected chi connectivity index (χ4v) is 6.18. The minimum absolute atomic E-state index is 0.00116. The zero-order chi connectivity index (χ0) is 24.2. The second-order valence-corrected chi connectivity index (χ2v) is 10.6. The highest BCUT2D eigenvalue weighted by molar-refractivity contribution is 7.99. The van der Waals surface area contributed by atoms with Crippen LogP contribution in [-0.2, 0) is 24.3 Å². The van der Waals surface area contributed by atoms with E-state index in [0.29, 0.717) is 23.9 Å². The lowest BCUT2D eigenvalue weighted by Gasteiger charge is -2.13. The Hall–Kier alpha value is -3.11. The summed E-state index contributed by atoms with van der Waals surface area (Å²) < 4.78 is 4.59. The van der Waals surface area contributed by atoms with Crippen molar-refractivity contribution < 1.29 is 9.90 Å². The Morgan fingerprint density at radius 3 is 2.69 bits per heavy atom. The first-order chi connectivity index (χ1) is 17.1. The number of amides is 1. The van der Waals surface area contributed by atoms with Crippen LogP contribution in [0.25, 0.3) is 10.2 Å². The average molecular weight is 510 g/mol. The van der Waals surface area contributed by atoms with Crippen LogP contribution < -0.4 is 10.2 Å². The molecule has 0 aliphatic heterocycles. The fourth-order valence-electron chi connectivity index (χ4n) is 4.50. The van der Waals surface area contributed by atoms with Crippen LogP contribution in [0.5, 0.6) is 5.75 Å². The molecule has 2 N–H and O–H groups in total. The Morgan fingerprint density at radius 2 is 1.86 bits per heavy atom. The van der Waals surface area contributed by atoms with Gasteiger partial charge in [0.25, 0.3) is 0 Å². The summed E-state index contributed by atoms with van der Waals surface area (Å²) in [6, 6.07) is 15.2. The van der Waals surface area contributed by atoms with Gasteiger partial charge in [-0.1, -0.05) is 66.3 Å². The summed E-state index contributed by atoms with van der Waals surface area (Å²) >= 11 is 2.56. The molecule has 1 fully saturated rings. The van der Waals surface area contributed by atoms with E-state index >= 15 is 0 Å². The van der Waals surface area contributed by atoms with Crippen LogP contribution in [0.1, 0.15) is 37.1 Å². The number of aromatic hydroxyl groups is 1. The molecule has 0 bridgehead atoms. The minimum atomic E-state index is -0.0494. The number of para-hydroxylation sites is 2. The van der Waals surface area contributed by atoms with Crippen LogP contribution in [0.4, 0.5) is 0 Å². The third-order valence-corrected chi connectivity index (χ3v) is 8.24. The van der Waals surface area contributed by atoms with Gasteiger partial charge in [-0.15, -0.1) is 10.2 Å². The lowest BCUT2D eigenvalue weighted by Crippen LogP contribution is -2.33. The number of rotatable bonds is 9. The first-order valence-electron chi connectivity index (χ1n) is 11.8. The highest BCUT2D eigenvalue weighted by Gasteiger charge is 2.20. The third kappa shape index (κ3) is 5.43. The molecule has 2 aromatic carbocycles. The van der Waals surface area contributed by atoms with Gasteiger partial charge in [0.15, 0.2) is 11.0 Å². The van der Waals surface area contributed by atoms with Gasteiger partial charge in [-0.2, -0.15) is 0 Å². The molecule has 0 radical (unpaired) electrons. The molecular weight excluding hydrogens is 482 g/mol. The number of fused-ring (bicyclic) bond motifs is 1. The number of phenolic OH excluding ortho intramolecular Hbond substituents is 1. The quantitative estimate of drug-likeness (QED) is 0.333. The van der Waals surface area contributed by atoms with Crippen molar-refractivity contribution in [3.63, 3.8) is 0 Å². The molecule has 2 aromatic heterocycles. The first-order valence-corrected chi connectivity index (χ1v) is 13.6. The molecule has 0 spiro atoms. The Balaban J connectivity index is 1.38. The Bertz CT molecular complexity index is 1390. The van der Waals surface area contributed by atoms with E-state index in [2.05, 4.69) is 15.5 Å². The number of thiazole rings is 1. The number of thioether (sulfide) groups is 1. The summed E-state index contributed by atoms with van der Waals surface area (Å²) in [6.07, 6.45) is 4.98. The van der Waals surface area contributed by atoms with Gasteiger partial charge in [-0.3, -0.25) is 14.2 Å². The van der Waals surface area contributed by atoms with Gasteiger partial charge in [0.05, 0.1) is 22.5 Å². The van der Waals surface area contributed by atoms with Crippen molar-refractivity contribution >= 4 is 39.2 Å². The largest absolute Gasteiger partial charge is 0.508 e. The molecule has 4 aromatic rings. The van der Waals surface area contributed by atoms with Crippen LogP contribution >= 0.6 is 23.1 Å². The number of nitrogens with zero attached hydrogens (tertiary/aromatic N) is 4. The van der Waals surface area contributed by atoms with Gasteiger partial charge in [0, 0.05) is 12.6 Å². The normalized spacial score (nSPS) is 14.1. The first kappa shape index (κ1) is 23.6. The van der Waals surface area contributed by atoms with Crippen molar-refractivity contribution in [3.05, 3.63) is 69.6 Å². The second kappa shape index (κ2) is 10.7. The van der Waals surface area contributed by atoms with Crippen molar-refractivity contribution in [1.29, 1.82) is 0 Å². The lowest BCUT2D eigenvalue weighted by molar-refractivity contribution is -0.119. The van der Waals surface area contributed by atoms with E-state index in [0.717, 1.165) is 28.6 Å². The van der Waals surface area contributed by atoms with Crippen molar-refractivity contribution in [3.8, 4) is 5.75 Å². The van der Waals surface area contributed by atoms with Crippen molar-refractivity contribution in [2.75, 3.05) is 5.75 Å². The van der Waals surface area contributed by atoms with Crippen molar-refractivity contribution in [2.45, 2.75) is 56.4 Å². The summed E-state index contributed by atoms with van der Waals surface area (Å²) in [5.74, 6) is 1.14. The van der Waals surface area contributed by atoms with E-state index in [-0.39, 0.29) is 34.9 Å². The molecule has 1 aliphatic carbocycles. The predicted octanol–water partition coefficient (Wildman–Crippen LogP) is 3.80. The molecule has 1 amide bonds. The van der Waals surface area contributed by atoms with Gasteiger partial charge in [-0.25, -0.2) is 0 Å². The van der Waals surface area contributed by atoms with E-state index in [4.69, 9.17) is 0 Å². The van der Waals surface area contributed by atoms with Gasteiger partial charge < -0.3 is 15.0 Å². The Kier molecular flexibility index (Phi) is 7.19. The second-order valence-electron chi connectivity index (χ2n) is 8.69. The summed E-state index contributed by atoms with van der Waals surface area (Å²) in [7, 11) is 0. The minimum Gasteiger partial charge on any atom is -0.508 e. The summed E-state index contributed by atoms with van der Waals surface area (Å²) in [6.45, 7) is 0.800. The lowest BCUT2D eigenvalue weighted by atomic mass is 10.1. The maximum atomic E-state index is 12.7. The molecule has 2 heterocycles. The molecule has 0 saturated heterocycles. The molecule has 1 saturated carbocycles. The molecule has 10 heteroatoms. The van der Waals surface area contributed by atoms with Gasteiger partial charge in [-0.05, 0) is 43.0 Å². The topological polar surface area (TPSA) is 102 Å². The van der Waals surface area contributed by atoms with Crippen LogP contribution in [0.2, 0.25) is 0 Å². The van der Waals surface area contributed by atoms with Crippen LogP contribution in [0, 0.1) is 0 Å². The molecule has 182 valence electrons. The maximum Gasteiger partial charge on any atom is 0.308 e. The van der Waals surface area contributed by atoms with E-state index in [1.54, 1.807) is 16.7 Å². The molecule has 0 unspecified atom stereocenters. The van der Waals surface area contributed by atoms with Crippen LogP contribution in [0.15, 0.2) is 58.5 Å². The van der Waals surface area contributed by atoms with Gasteiger partial charge in [0.2, 0.25) is 5.91 Å². The number of phenols is 1. The standard InChI is InChI=1S/C25H27N5O3S2/c31-20-11-5-1-7-17(20)13-14-29-22(15-30-19-10-4-6-12-21(19)35-25(30)33)27-28-24(29)34-16-23(32)26-18-8-2-3-9-18/h1,4-7,10-12,18,31H,2-3,8-9,13-16H2,(H,26,32). The molecule has 0 atom stereocenters. The van der Waals surface area contributed by atoms with Crippen molar-refractivity contribution in [2.24, 2.45) is 0 Å². The number of carbonyl (C=O) groups is 1. The molecule has 1 aliphatic rings. The Morgan fingerprint density at radius 1 is 1.09 bits per heavy atom. The third-order valence-electron chi connectivity index (χ3n) is 6.32. The highest BCUT2D eigenvalue weighted by atomic mass is 32.2. The van der Waals surface area contributed by atoms with Crippen molar-refractivity contribution in [1.82, 2.24) is 24.6 Å². The summed E-state index contributed by atoms with van der Waals surface area (Å²) in [4.78, 5) is 25.1. The maximum absolute atomic E-state index is 12.7. The number of hydrogen-bond donors (Lipinski definition) is 2. The molecule has 35 heavy (non-hydrogen) atoms. The van der Waals surface area contributed by atoms with Crippen LogP contribution in [0.3, 0.4) is 0 Å². The zero-order valence-corrected chi connectivity index (χ0v) is 20.9. The number of aromatic nitrogens is 4. The highest BCUT2D eigenvalue weighted by Crippen LogP contribution is 2.23. The van der Waals surface area contributed by atoms with Gasteiger partial charge >= 0.3 is 4.87 Å². The van der Waals surface area contributed by atoms with E-state index in [1.165, 1.54) is 35.9 Å². The smallest absolute Gasteiger partial charge is 0.308 e. The van der Waals surface area contributed by atoms with E-state index in [9.17, 15) is 14.7 Å². The number of aryl methyl sites for hydroxylation is 1. The van der Waals surface area contributed by atoms with E-state index < -0.39 is 0 Å². The summed E-state index contributed by atoms with van der Waals surface area (Å²) in [5, 5.41) is 22.7. The molecular formula is C25H27N5O3S2. The van der Waals surface area contributed by atoms with E-state index in [1.807, 2.05) is 41.0 Å². The van der Waals surface area contributed by atoms with Crippen LogP contribution in [-0.4, -0.2) is 42.1 Å². The number of hydrogen-bond acceptors (Lipinski definition) is 7. The monoisotopic (exact) mass is 509 g/mol. The van der Waals surface area contributed by atoms with Gasteiger partial charge in [0.1, 0.15) is 5.75 Å². The predicted molar refractivity (Wildman–Crippen MR) is 138 cm³/mol. The Labute approximate surface area is 211 Å².